The molecule has 0 spiro atoms. The molecule has 0 fully saturated rings. The average molecular weight is 1100 g/mol. The second-order valence-corrected chi connectivity index (χ2v) is 22.5. The number of hydrogen-bond acceptors (Lipinski definition) is 5. The van der Waals surface area contributed by atoms with Gasteiger partial charge in [-0.15, -0.1) is 0 Å². The molecular formula is C73H55BF2N4O4. The molecule has 84 heavy (non-hydrogen) atoms. The van der Waals surface area contributed by atoms with Crippen LogP contribution in [0.15, 0.2) is 229 Å². The van der Waals surface area contributed by atoms with E-state index in [1.165, 1.54) is 13.9 Å². The molecule has 10 aromatic rings. The van der Waals surface area contributed by atoms with E-state index in [0.29, 0.717) is 76.4 Å². The fourth-order valence-electron chi connectivity index (χ4n) is 14.0. The lowest BCUT2D eigenvalue weighted by Gasteiger charge is -2.35. The number of halogens is 2. The van der Waals surface area contributed by atoms with Gasteiger partial charge in [-0.05, 0) is 187 Å². The number of ether oxygens (including phenoxy) is 1. The number of aromatic nitrogens is 1. The van der Waals surface area contributed by atoms with Gasteiger partial charge < -0.3 is 27.2 Å². The molecule has 4 heterocycles. The molecule has 0 saturated heterocycles. The molecule has 0 atom stereocenters. The first kappa shape index (κ1) is 50.9. The molecule has 0 unspecified atom stereocenters. The highest BCUT2D eigenvalue weighted by molar-refractivity contribution is 6.59. The molecule has 1 aromatic heterocycles. The Labute approximate surface area is 485 Å². The van der Waals surface area contributed by atoms with Gasteiger partial charge in [-0.2, -0.15) is 0 Å². The van der Waals surface area contributed by atoms with Gasteiger partial charge in [0.05, 0.1) is 11.3 Å². The van der Waals surface area contributed by atoms with Crippen LogP contribution in [-0.4, -0.2) is 39.4 Å². The van der Waals surface area contributed by atoms with Crippen LogP contribution in [0.3, 0.4) is 0 Å². The van der Waals surface area contributed by atoms with Gasteiger partial charge in [0, 0.05) is 68.1 Å². The number of para-hydroxylation sites is 2. The number of fused-ring (bicyclic) bond motifs is 9. The quantitative estimate of drug-likeness (QED) is 0.0558. The van der Waals surface area contributed by atoms with Crippen LogP contribution in [0.4, 0.5) is 31.4 Å². The van der Waals surface area contributed by atoms with Crippen molar-refractivity contribution in [1.82, 2.24) is 4.48 Å². The van der Waals surface area contributed by atoms with Crippen molar-refractivity contribution in [1.29, 1.82) is 0 Å². The maximum absolute atomic E-state index is 18.1. The van der Waals surface area contributed by atoms with E-state index >= 15 is 8.63 Å². The molecule has 408 valence electrons. The summed E-state index contributed by atoms with van der Waals surface area (Å²) in [5, 5.41) is 1.47. The Balaban J connectivity index is 0.646. The van der Waals surface area contributed by atoms with Crippen molar-refractivity contribution in [2.45, 2.75) is 58.8 Å². The Hall–Kier alpha value is -10.00. The number of benzene rings is 9. The summed E-state index contributed by atoms with van der Waals surface area (Å²) in [5.41, 5.74) is 18.6. The fourth-order valence-corrected chi connectivity index (χ4v) is 14.0. The molecule has 11 heteroatoms. The van der Waals surface area contributed by atoms with E-state index in [1.54, 1.807) is 30.3 Å². The van der Waals surface area contributed by atoms with E-state index in [1.807, 2.05) is 135 Å². The summed E-state index contributed by atoms with van der Waals surface area (Å²) in [4.78, 5) is 45.6. The Kier molecular flexibility index (Phi) is 12.0. The van der Waals surface area contributed by atoms with Crippen molar-refractivity contribution in [3.63, 3.8) is 0 Å². The Morgan fingerprint density at radius 2 is 1.15 bits per heavy atom. The SMILES string of the molecule is CC1=C2CCc3ccccc3C2=[N+]2C1=C(c1ccc(OC(=O)CCCc3ccc(N4C(=O)c5cccc6c(-c7ccc(N(c8ccccc8)c8ccccc8)cc7)ccc(c56)C4=O)cc3)cc1)c1c(C)c3c(n1[B-]2(F)F)-c1ccccc1CC3. The minimum absolute atomic E-state index is 0.146. The molecule has 0 radical (unpaired) electrons. The van der Waals surface area contributed by atoms with Crippen LogP contribution in [-0.2, 0) is 30.5 Å². The molecule has 3 aliphatic heterocycles. The number of allylic oxidation sites excluding steroid dienone is 2. The lowest BCUT2D eigenvalue weighted by atomic mass is 9.82. The third kappa shape index (κ3) is 8.00. The standard InChI is InChI=1S/C73H55BF2N4O4/c1-45-57-41-33-48-16-9-11-22-60(48)70(57)79-68(45)66(69-46(2)58-42-34-49-17-10-12-23-61(49)71(58)80(69)74(79,75)76)51-31-39-56(40-32-51)84-65(81)26-13-15-47-27-35-55(36-28-47)78-72(82)63-25-14-24-62-59(43-44-64(67(62)63)73(78)83)50-29-37-54(38-30-50)77(52-18-5-3-6-19-52)53-20-7-4-8-21-53/h3-12,14,16-25,27-32,35-40,43-44H,13,15,26,33-34,41-42H2,1-2H3. The predicted molar refractivity (Wildman–Crippen MR) is 330 cm³/mol. The van der Waals surface area contributed by atoms with E-state index in [-0.39, 0.29) is 18.2 Å². The molecule has 0 bridgehead atoms. The van der Waals surface area contributed by atoms with Crippen LogP contribution < -0.4 is 14.5 Å². The number of rotatable bonds is 11. The Morgan fingerprint density at radius 1 is 0.571 bits per heavy atom. The van der Waals surface area contributed by atoms with Crippen molar-refractivity contribution < 1.29 is 32.2 Å². The maximum Gasteiger partial charge on any atom is 0.737 e. The van der Waals surface area contributed by atoms with Crippen molar-refractivity contribution in [2.24, 2.45) is 0 Å². The molecule has 15 rings (SSSR count). The number of carbonyl (C=O) groups excluding carboxylic acids is 3. The number of anilines is 4. The number of carbonyl (C=O) groups is 3. The van der Waals surface area contributed by atoms with Crippen molar-refractivity contribution in [3.05, 3.63) is 285 Å². The van der Waals surface area contributed by atoms with E-state index in [0.717, 1.165) is 108 Å². The molecular weight excluding hydrogens is 1050 g/mol. The van der Waals surface area contributed by atoms with Crippen LogP contribution in [0.25, 0.3) is 38.7 Å². The zero-order valence-electron chi connectivity index (χ0n) is 46.4. The lowest BCUT2D eigenvalue weighted by Crippen LogP contribution is -2.52. The van der Waals surface area contributed by atoms with Crippen LogP contribution in [0.5, 0.6) is 5.75 Å². The molecule has 8 nitrogen and oxygen atoms in total. The zero-order valence-corrected chi connectivity index (χ0v) is 46.4. The summed E-state index contributed by atoms with van der Waals surface area (Å²) in [6, 6.07) is 68.8. The lowest BCUT2D eigenvalue weighted by molar-refractivity contribution is -0.362. The van der Waals surface area contributed by atoms with Crippen molar-refractivity contribution in [2.75, 3.05) is 9.80 Å². The number of imide groups is 1. The summed E-state index contributed by atoms with van der Waals surface area (Å²) < 4.78 is 44.9. The Morgan fingerprint density at radius 3 is 1.86 bits per heavy atom. The minimum Gasteiger partial charge on any atom is -0.427 e. The Bertz CT molecular complexity index is 4460. The topological polar surface area (TPSA) is 74.9 Å². The number of amides is 2. The van der Waals surface area contributed by atoms with Gasteiger partial charge >= 0.3 is 12.9 Å². The summed E-state index contributed by atoms with van der Waals surface area (Å²) >= 11 is 0. The normalized spacial score (nSPS) is 15.4. The number of nitrogens with zero attached hydrogens (tertiary/aromatic N) is 4. The van der Waals surface area contributed by atoms with E-state index in [4.69, 9.17) is 4.74 Å². The monoisotopic (exact) mass is 1100 g/mol. The second-order valence-electron chi connectivity index (χ2n) is 22.5. The number of hydrogen-bond donors (Lipinski definition) is 0. The van der Waals surface area contributed by atoms with Crippen molar-refractivity contribution >= 4 is 69.6 Å². The summed E-state index contributed by atoms with van der Waals surface area (Å²) in [6.45, 7) is -0.357. The first-order valence-corrected chi connectivity index (χ1v) is 28.9. The first-order chi connectivity index (χ1) is 41.0. The third-order valence-corrected chi connectivity index (χ3v) is 17.9. The van der Waals surface area contributed by atoms with E-state index in [9.17, 15) is 14.4 Å². The third-order valence-electron chi connectivity index (χ3n) is 17.9. The largest absolute Gasteiger partial charge is 0.737 e. The number of aryl methyl sites for hydroxylation is 3. The summed E-state index contributed by atoms with van der Waals surface area (Å²) in [7, 11) is 0. The average Bonchev–Trinajstić information content (AvgIpc) is 1.82. The van der Waals surface area contributed by atoms with Crippen LogP contribution in [0.1, 0.15) is 91.5 Å². The van der Waals surface area contributed by atoms with Crippen LogP contribution in [0, 0.1) is 6.92 Å². The van der Waals surface area contributed by atoms with Gasteiger partial charge in [0.25, 0.3) is 11.8 Å². The van der Waals surface area contributed by atoms with E-state index < -0.39 is 12.9 Å². The van der Waals surface area contributed by atoms with Gasteiger partial charge in [0.15, 0.2) is 11.4 Å². The number of esters is 1. The predicted octanol–water partition coefficient (Wildman–Crippen LogP) is 16.4. The van der Waals surface area contributed by atoms with Gasteiger partial charge in [0.2, 0.25) is 0 Å². The highest BCUT2D eigenvalue weighted by Gasteiger charge is 2.59. The maximum atomic E-state index is 18.1. The highest BCUT2D eigenvalue weighted by Crippen LogP contribution is 2.52. The molecule has 5 aliphatic rings. The summed E-state index contributed by atoms with van der Waals surface area (Å²) in [5.74, 6) is -0.805. The zero-order chi connectivity index (χ0) is 57.0. The molecule has 0 N–H and O–H groups in total. The molecule has 2 amide bonds. The van der Waals surface area contributed by atoms with Crippen LogP contribution in [0.2, 0.25) is 0 Å². The second kappa shape index (κ2) is 19.9. The minimum atomic E-state index is -4.35. The van der Waals surface area contributed by atoms with Gasteiger partial charge in [0.1, 0.15) is 5.75 Å². The fraction of sp³-hybridized carbons (Fsp3) is 0.123. The summed E-state index contributed by atoms with van der Waals surface area (Å²) in [6.07, 6.45) is 4.11. The molecule has 0 saturated carbocycles. The van der Waals surface area contributed by atoms with E-state index in [2.05, 4.69) is 65.6 Å². The highest BCUT2D eigenvalue weighted by atomic mass is 19.2. The van der Waals surface area contributed by atoms with Gasteiger partial charge in [-0.25, -0.2) is 4.90 Å². The van der Waals surface area contributed by atoms with Gasteiger partial charge in [-0.1, -0.05) is 133 Å². The smallest absolute Gasteiger partial charge is 0.427 e. The molecule has 9 aromatic carbocycles. The van der Waals surface area contributed by atoms with Gasteiger partial charge in [-0.3, -0.25) is 14.4 Å². The van der Waals surface area contributed by atoms with Crippen LogP contribution >= 0.6 is 0 Å². The van der Waals surface area contributed by atoms with Crippen molar-refractivity contribution in [3.8, 4) is 28.1 Å². The molecule has 2 aliphatic carbocycles. The first-order valence-electron chi connectivity index (χ1n) is 28.9.